The standard InChI is InChI=1S/C22H25ClN4O3S/c1-14-19(21(29)30-3)20(15-5-4-6-16(23)11-15)27-17(13-31-22(27)24-14)12-18(28)26-9-7-25(2)8-10-26/h4-6,11,13,20H,7-10,12H2,1-3H3. The molecule has 0 spiro atoms. The zero-order valence-electron chi connectivity index (χ0n) is 17.8. The Bertz CT molecular complexity index is 998. The molecule has 1 aromatic carbocycles. The molecule has 0 radical (unpaired) electrons. The molecule has 0 saturated carbocycles. The number of halogens is 1. The average molecular weight is 461 g/mol. The fraction of sp³-hybridized carbons (Fsp3) is 0.409. The normalized spacial score (nSPS) is 21.6. The van der Waals surface area contributed by atoms with E-state index in [1.54, 1.807) is 6.07 Å². The lowest BCUT2D eigenvalue weighted by Crippen LogP contribution is -2.47. The lowest BCUT2D eigenvalue weighted by molar-refractivity contribution is -0.136. The van der Waals surface area contributed by atoms with Gasteiger partial charge in [-0.2, -0.15) is 0 Å². The molecule has 1 unspecified atom stereocenters. The Kier molecular flexibility index (Phi) is 6.41. The fourth-order valence-electron chi connectivity index (χ4n) is 4.06. The number of piperazine rings is 1. The van der Waals surface area contributed by atoms with Gasteiger partial charge in [-0.3, -0.25) is 4.79 Å². The lowest BCUT2D eigenvalue weighted by atomic mass is 9.94. The number of carbonyl (C=O) groups excluding carboxylic acids is 2. The second-order valence-electron chi connectivity index (χ2n) is 7.80. The third-order valence-electron chi connectivity index (χ3n) is 5.76. The molecular weight excluding hydrogens is 436 g/mol. The van der Waals surface area contributed by atoms with Crippen LogP contribution in [0.15, 0.2) is 51.6 Å². The van der Waals surface area contributed by atoms with Crippen molar-refractivity contribution in [2.24, 2.45) is 4.99 Å². The van der Waals surface area contributed by atoms with Crippen LogP contribution in [0, 0.1) is 0 Å². The number of amidine groups is 1. The summed E-state index contributed by atoms with van der Waals surface area (Å²) in [6.45, 7) is 4.99. The molecular formula is C22H25ClN4O3S. The van der Waals surface area contributed by atoms with Gasteiger partial charge in [-0.05, 0) is 37.1 Å². The SMILES string of the molecule is COC(=O)C1=C(C)N=C2SC=C(CC(=O)N3CCN(C)CC3)N2C1c1cccc(Cl)c1. The van der Waals surface area contributed by atoms with Crippen LogP contribution in [0.3, 0.4) is 0 Å². The highest BCUT2D eigenvalue weighted by Crippen LogP contribution is 2.45. The lowest BCUT2D eigenvalue weighted by Gasteiger charge is -2.37. The van der Waals surface area contributed by atoms with Crippen LogP contribution in [-0.2, 0) is 14.3 Å². The van der Waals surface area contributed by atoms with Gasteiger partial charge in [-0.15, -0.1) is 0 Å². The second kappa shape index (κ2) is 9.06. The summed E-state index contributed by atoms with van der Waals surface area (Å²) in [7, 11) is 3.43. The van der Waals surface area contributed by atoms with E-state index in [1.807, 2.05) is 40.3 Å². The quantitative estimate of drug-likeness (QED) is 0.642. The number of fused-ring (bicyclic) bond motifs is 1. The van der Waals surface area contributed by atoms with Gasteiger partial charge in [0.1, 0.15) is 0 Å². The number of allylic oxidation sites excluding steroid dienone is 1. The molecule has 3 aliphatic heterocycles. The van der Waals surface area contributed by atoms with Crippen LogP contribution in [0.5, 0.6) is 0 Å². The third kappa shape index (κ3) is 4.37. The van der Waals surface area contributed by atoms with Crippen molar-refractivity contribution in [3.8, 4) is 0 Å². The van der Waals surface area contributed by atoms with Gasteiger partial charge in [0.2, 0.25) is 5.91 Å². The number of aliphatic imine (C=N–C) groups is 1. The Morgan fingerprint density at radius 3 is 2.68 bits per heavy atom. The number of amides is 1. The minimum Gasteiger partial charge on any atom is -0.466 e. The van der Waals surface area contributed by atoms with Crippen molar-refractivity contribution < 1.29 is 14.3 Å². The molecule has 4 rings (SSSR count). The van der Waals surface area contributed by atoms with Crippen LogP contribution in [-0.4, -0.2) is 72.1 Å². The minimum absolute atomic E-state index is 0.0805. The molecule has 0 bridgehead atoms. The second-order valence-corrected chi connectivity index (χ2v) is 9.07. The molecule has 1 saturated heterocycles. The highest BCUT2D eigenvalue weighted by atomic mass is 35.5. The molecule has 1 aromatic rings. The molecule has 164 valence electrons. The summed E-state index contributed by atoms with van der Waals surface area (Å²) in [5.41, 5.74) is 2.73. The van der Waals surface area contributed by atoms with Crippen molar-refractivity contribution in [2.45, 2.75) is 19.4 Å². The molecule has 31 heavy (non-hydrogen) atoms. The number of thioether (sulfide) groups is 1. The Hall–Kier alpha value is -2.29. The fourth-order valence-corrected chi connectivity index (χ4v) is 5.22. The summed E-state index contributed by atoms with van der Waals surface area (Å²) >= 11 is 7.74. The average Bonchev–Trinajstić information content (AvgIpc) is 3.14. The zero-order chi connectivity index (χ0) is 22.1. The molecule has 0 aromatic heterocycles. The van der Waals surface area contributed by atoms with E-state index < -0.39 is 12.0 Å². The predicted octanol–water partition coefficient (Wildman–Crippen LogP) is 3.25. The van der Waals surface area contributed by atoms with E-state index >= 15 is 0 Å². The minimum atomic E-state index is -0.458. The number of carbonyl (C=O) groups is 2. The third-order valence-corrected chi connectivity index (χ3v) is 6.88. The Morgan fingerprint density at radius 1 is 1.26 bits per heavy atom. The van der Waals surface area contributed by atoms with E-state index in [0.717, 1.165) is 42.6 Å². The van der Waals surface area contributed by atoms with Crippen LogP contribution in [0.2, 0.25) is 5.02 Å². The molecule has 0 N–H and O–H groups in total. The summed E-state index contributed by atoms with van der Waals surface area (Å²) < 4.78 is 5.08. The monoisotopic (exact) mass is 460 g/mol. The number of ether oxygens (including phenoxy) is 1. The Labute approximate surface area is 191 Å². The number of hydrogen-bond donors (Lipinski definition) is 0. The molecule has 7 nitrogen and oxygen atoms in total. The smallest absolute Gasteiger partial charge is 0.338 e. The van der Waals surface area contributed by atoms with Crippen molar-refractivity contribution in [1.29, 1.82) is 0 Å². The van der Waals surface area contributed by atoms with E-state index in [9.17, 15) is 9.59 Å². The number of esters is 1. The first-order valence-electron chi connectivity index (χ1n) is 10.1. The maximum Gasteiger partial charge on any atom is 0.338 e. The van der Waals surface area contributed by atoms with Crippen molar-refractivity contribution >= 4 is 40.4 Å². The Balaban J connectivity index is 1.66. The van der Waals surface area contributed by atoms with E-state index in [-0.39, 0.29) is 12.3 Å². The van der Waals surface area contributed by atoms with Gasteiger partial charge < -0.3 is 19.4 Å². The number of hydrogen-bond acceptors (Lipinski definition) is 7. The number of rotatable bonds is 4. The van der Waals surface area contributed by atoms with Crippen LogP contribution in [0.25, 0.3) is 0 Å². The molecule has 0 aliphatic carbocycles. The van der Waals surface area contributed by atoms with Gasteiger partial charge in [-0.25, -0.2) is 9.79 Å². The highest BCUT2D eigenvalue weighted by Gasteiger charge is 2.41. The first kappa shape index (κ1) is 21.9. The van der Waals surface area contributed by atoms with Gasteiger partial charge in [0.05, 0.1) is 30.8 Å². The number of likely N-dealkylation sites (N-methyl/N-ethyl adjacent to an activating group) is 1. The van der Waals surface area contributed by atoms with Crippen LogP contribution in [0.4, 0.5) is 0 Å². The summed E-state index contributed by atoms with van der Waals surface area (Å²) in [6, 6.07) is 6.96. The van der Waals surface area contributed by atoms with Crippen molar-refractivity contribution in [2.75, 3.05) is 40.3 Å². The molecule has 1 amide bonds. The molecule has 1 fully saturated rings. The number of nitrogens with zero attached hydrogens (tertiary/aromatic N) is 4. The number of benzene rings is 1. The first-order valence-corrected chi connectivity index (χ1v) is 11.4. The largest absolute Gasteiger partial charge is 0.466 e. The predicted molar refractivity (Wildman–Crippen MR) is 123 cm³/mol. The first-order chi connectivity index (χ1) is 14.9. The van der Waals surface area contributed by atoms with Gasteiger partial charge in [0.15, 0.2) is 5.17 Å². The maximum absolute atomic E-state index is 13.0. The van der Waals surface area contributed by atoms with Crippen molar-refractivity contribution in [3.63, 3.8) is 0 Å². The van der Waals surface area contributed by atoms with E-state index in [1.165, 1.54) is 18.9 Å². The maximum atomic E-state index is 13.0. The highest BCUT2D eigenvalue weighted by molar-refractivity contribution is 8.16. The zero-order valence-corrected chi connectivity index (χ0v) is 19.4. The van der Waals surface area contributed by atoms with Gasteiger partial charge in [0.25, 0.3) is 0 Å². The van der Waals surface area contributed by atoms with Gasteiger partial charge in [0, 0.05) is 36.9 Å². The topological polar surface area (TPSA) is 65.5 Å². The van der Waals surface area contributed by atoms with E-state index in [4.69, 9.17) is 16.3 Å². The van der Waals surface area contributed by atoms with E-state index in [2.05, 4.69) is 16.9 Å². The Morgan fingerprint density at radius 2 is 2.00 bits per heavy atom. The van der Waals surface area contributed by atoms with Gasteiger partial charge >= 0.3 is 5.97 Å². The van der Waals surface area contributed by atoms with Crippen LogP contribution >= 0.6 is 23.4 Å². The summed E-state index contributed by atoms with van der Waals surface area (Å²) in [5, 5.41) is 3.28. The number of methoxy groups -OCH3 is 1. The summed E-state index contributed by atoms with van der Waals surface area (Å²) in [5.74, 6) is -0.358. The summed E-state index contributed by atoms with van der Waals surface area (Å²) in [6.07, 6.45) is 0.250. The van der Waals surface area contributed by atoms with Gasteiger partial charge in [-0.1, -0.05) is 35.5 Å². The van der Waals surface area contributed by atoms with Crippen molar-refractivity contribution in [1.82, 2.24) is 14.7 Å². The van der Waals surface area contributed by atoms with Crippen LogP contribution < -0.4 is 0 Å². The van der Waals surface area contributed by atoms with Crippen molar-refractivity contribution in [3.05, 3.63) is 57.2 Å². The van der Waals surface area contributed by atoms with Crippen LogP contribution in [0.1, 0.15) is 24.9 Å². The molecule has 1 atom stereocenters. The molecule has 3 heterocycles. The van der Waals surface area contributed by atoms with E-state index in [0.29, 0.717) is 16.3 Å². The molecule has 3 aliphatic rings. The molecule has 9 heteroatoms. The summed E-state index contributed by atoms with van der Waals surface area (Å²) in [4.78, 5) is 36.5.